The number of pyridine rings is 1. The quantitative estimate of drug-likeness (QED) is 0.786. The average molecular weight is 290 g/mol. The number of piperazine rings is 1. The van der Waals surface area contributed by atoms with Crippen LogP contribution in [0.15, 0.2) is 18.3 Å². The van der Waals surface area contributed by atoms with Crippen LogP contribution in [-0.4, -0.2) is 46.2 Å². The molecule has 21 heavy (non-hydrogen) atoms. The molecular formula is C14H18N4O3. The Balaban J connectivity index is 2.39. The number of carbonyl (C=O) groups excluding carboxylic acids is 3. The highest BCUT2D eigenvalue weighted by Crippen LogP contribution is 2.23. The number of nitrogens with zero attached hydrogens (tertiary/aromatic N) is 2. The lowest BCUT2D eigenvalue weighted by atomic mass is 9.97. The smallest absolute Gasteiger partial charge is 0.258 e. The first-order valence-electron chi connectivity index (χ1n) is 6.73. The number of imide groups is 1. The molecule has 0 saturated carbocycles. The first-order chi connectivity index (χ1) is 9.87. The van der Waals surface area contributed by atoms with Crippen molar-refractivity contribution in [2.45, 2.75) is 26.3 Å². The summed E-state index contributed by atoms with van der Waals surface area (Å²) in [5.41, 5.74) is -0.750. The molecule has 0 bridgehead atoms. The molecule has 1 aliphatic heterocycles. The van der Waals surface area contributed by atoms with Crippen LogP contribution in [0, 0.1) is 0 Å². The monoisotopic (exact) mass is 290 g/mol. The van der Waals surface area contributed by atoms with Gasteiger partial charge in [-0.2, -0.15) is 0 Å². The van der Waals surface area contributed by atoms with Crippen LogP contribution >= 0.6 is 0 Å². The third-order valence-corrected chi connectivity index (χ3v) is 3.41. The standard InChI is InChI=1S/C14H18N4O3/c1-4-15-11-9(6-5-7-16-11)12(20)18-8-10(19)17-13(21)14(18,2)3/h5-7H,4,8H2,1-3H3,(H,15,16)(H,17,19,21). The lowest BCUT2D eigenvalue weighted by Gasteiger charge is -2.40. The SMILES string of the molecule is CCNc1ncccc1C(=O)N1CC(=O)NC(=O)C1(C)C. The maximum atomic E-state index is 12.7. The summed E-state index contributed by atoms with van der Waals surface area (Å²) in [6, 6.07) is 3.27. The lowest BCUT2D eigenvalue weighted by Crippen LogP contribution is -2.65. The molecule has 1 aliphatic rings. The van der Waals surface area contributed by atoms with Gasteiger partial charge in [0.15, 0.2) is 0 Å². The van der Waals surface area contributed by atoms with Crippen molar-refractivity contribution in [3.8, 4) is 0 Å². The Labute approximate surface area is 122 Å². The molecule has 0 unspecified atom stereocenters. The zero-order valence-corrected chi connectivity index (χ0v) is 12.3. The molecule has 0 radical (unpaired) electrons. The number of hydrogen-bond acceptors (Lipinski definition) is 5. The zero-order chi connectivity index (χ0) is 15.6. The molecule has 1 saturated heterocycles. The second-order valence-corrected chi connectivity index (χ2v) is 5.26. The van der Waals surface area contributed by atoms with Crippen molar-refractivity contribution in [2.24, 2.45) is 0 Å². The molecule has 3 amide bonds. The van der Waals surface area contributed by atoms with Gasteiger partial charge in [-0.1, -0.05) is 0 Å². The summed E-state index contributed by atoms with van der Waals surface area (Å²) in [4.78, 5) is 41.6. The van der Waals surface area contributed by atoms with Crippen molar-refractivity contribution in [3.05, 3.63) is 23.9 Å². The van der Waals surface area contributed by atoms with Crippen LogP contribution in [0.5, 0.6) is 0 Å². The predicted molar refractivity (Wildman–Crippen MR) is 76.7 cm³/mol. The Morgan fingerprint density at radius 3 is 2.86 bits per heavy atom. The number of amides is 3. The minimum absolute atomic E-state index is 0.155. The fourth-order valence-electron chi connectivity index (χ4n) is 2.14. The largest absolute Gasteiger partial charge is 0.370 e. The molecule has 2 heterocycles. The van der Waals surface area contributed by atoms with E-state index in [0.29, 0.717) is 17.9 Å². The van der Waals surface area contributed by atoms with E-state index in [9.17, 15) is 14.4 Å². The summed E-state index contributed by atoms with van der Waals surface area (Å²) in [5.74, 6) is -0.922. The van der Waals surface area contributed by atoms with Crippen molar-refractivity contribution in [3.63, 3.8) is 0 Å². The second kappa shape index (κ2) is 5.51. The highest BCUT2D eigenvalue weighted by molar-refractivity contribution is 6.10. The number of aromatic nitrogens is 1. The van der Waals surface area contributed by atoms with E-state index in [0.717, 1.165) is 0 Å². The van der Waals surface area contributed by atoms with E-state index in [1.165, 1.54) is 4.90 Å². The van der Waals surface area contributed by atoms with Gasteiger partial charge >= 0.3 is 0 Å². The lowest BCUT2D eigenvalue weighted by molar-refractivity contribution is -0.143. The van der Waals surface area contributed by atoms with Crippen molar-refractivity contribution in [1.29, 1.82) is 0 Å². The van der Waals surface area contributed by atoms with Gasteiger partial charge < -0.3 is 10.2 Å². The zero-order valence-electron chi connectivity index (χ0n) is 12.3. The van der Waals surface area contributed by atoms with Crippen LogP contribution in [-0.2, 0) is 9.59 Å². The second-order valence-electron chi connectivity index (χ2n) is 5.26. The minimum Gasteiger partial charge on any atom is -0.370 e. The van der Waals surface area contributed by atoms with Crippen molar-refractivity contribution in [2.75, 3.05) is 18.4 Å². The Kier molecular flexibility index (Phi) is 3.93. The van der Waals surface area contributed by atoms with Crippen LogP contribution in [0.1, 0.15) is 31.1 Å². The molecule has 7 heteroatoms. The Morgan fingerprint density at radius 2 is 2.19 bits per heavy atom. The fraction of sp³-hybridized carbons (Fsp3) is 0.429. The van der Waals surface area contributed by atoms with Crippen molar-refractivity contribution in [1.82, 2.24) is 15.2 Å². The van der Waals surface area contributed by atoms with Gasteiger partial charge in [0.25, 0.3) is 11.8 Å². The van der Waals surface area contributed by atoms with Gasteiger partial charge in [0.05, 0.1) is 5.56 Å². The normalized spacial score (nSPS) is 17.4. The number of anilines is 1. The van der Waals surface area contributed by atoms with Gasteiger partial charge in [0, 0.05) is 12.7 Å². The number of carbonyl (C=O) groups is 3. The van der Waals surface area contributed by atoms with Crippen molar-refractivity contribution < 1.29 is 14.4 Å². The molecule has 1 aromatic heterocycles. The van der Waals surface area contributed by atoms with Crippen molar-refractivity contribution >= 4 is 23.5 Å². The molecule has 7 nitrogen and oxygen atoms in total. The van der Waals surface area contributed by atoms with E-state index in [2.05, 4.69) is 15.6 Å². The Morgan fingerprint density at radius 1 is 1.48 bits per heavy atom. The fourth-order valence-corrected chi connectivity index (χ4v) is 2.14. The number of rotatable bonds is 3. The van der Waals surface area contributed by atoms with Gasteiger partial charge in [0.1, 0.15) is 17.9 Å². The van der Waals surface area contributed by atoms with E-state index in [-0.39, 0.29) is 6.54 Å². The van der Waals surface area contributed by atoms with E-state index in [1.54, 1.807) is 32.2 Å². The van der Waals surface area contributed by atoms with Crippen LogP contribution in [0.4, 0.5) is 5.82 Å². The molecule has 0 spiro atoms. The topological polar surface area (TPSA) is 91.4 Å². The van der Waals surface area contributed by atoms with Crippen LogP contribution in [0.25, 0.3) is 0 Å². The summed E-state index contributed by atoms with van der Waals surface area (Å²) in [6.45, 7) is 5.56. The molecule has 0 aliphatic carbocycles. The molecule has 1 aromatic rings. The van der Waals surface area contributed by atoms with Gasteiger partial charge in [-0.15, -0.1) is 0 Å². The molecule has 112 valence electrons. The minimum atomic E-state index is -1.09. The highest BCUT2D eigenvalue weighted by Gasteiger charge is 2.44. The van der Waals surface area contributed by atoms with Crippen LogP contribution in [0.2, 0.25) is 0 Å². The van der Waals surface area contributed by atoms with E-state index < -0.39 is 23.3 Å². The summed E-state index contributed by atoms with van der Waals surface area (Å²) in [5, 5.41) is 5.24. The summed E-state index contributed by atoms with van der Waals surface area (Å²) in [7, 11) is 0. The van der Waals surface area contributed by atoms with Gasteiger partial charge in [0.2, 0.25) is 5.91 Å². The Hall–Kier alpha value is -2.44. The molecule has 1 fully saturated rings. The average Bonchev–Trinajstić information content (AvgIpc) is 2.43. The first-order valence-corrected chi connectivity index (χ1v) is 6.73. The van der Waals surface area contributed by atoms with E-state index >= 15 is 0 Å². The molecule has 2 N–H and O–H groups in total. The van der Waals surface area contributed by atoms with E-state index in [1.807, 2.05) is 6.92 Å². The van der Waals surface area contributed by atoms with Crippen LogP contribution in [0.3, 0.4) is 0 Å². The first kappa shape index (κ1) is 15.0. The Bertz CT molecular complexity index is 598. The summed E-state index contributed by atoms with van der Waals surface area (Å²) in [6.07, 6.45) is 1.58. The van der Waals surface area contributed by atoms with Gasteiger partial charge in [-0.3, -0.25) is 19.7 Å². The maximum Gasteiger partial charge on any atom is 0.258 e. The summed E-state index contributed by atoms with van der Waals surface area (Å²) < 4.78 is 0. The third kappa shape index (κ3) is 2.72. The summed E-state index contributed by atoms with van der Waals surface area (Å²) >= 11 is 0. The third-order valence-electron chi connectivity index (χ3n) is 3.41. The molecular weight excluding hydrogens is 272 g/mol. The van der Waals surface area contributed by atoms with Gasteiger partial charge in [-0.25, -0.2) is 4.98 Å². The highest BCUT2D eigenvalue weighted by atomic mass is 16.2. The molecule has 0 atom stereocenters. The van der Waals surface area contributed by atoms with Gasteiger partial charge in [-0.05, 0) is 32.9 Å². The van der Waals surface area contributed by atoms with E-state index in [4.69, 9.17) is 0 Å². The maximum absolute atomic E-state index is 12.7. The molecule has 0 aromatic carbocycles. The number of hydrogen-bond donors (Lipinski definition) is 2. The molecule has 2 rings (SSSR count). The van der Waals surface area contributed by atoms with Crippen LogP contribution < -0.4 is 10.6 Å². The predicted octanol–water partition coefficient (Wildman–Crippen LogP) is 0.391. The number of nitrogens with one attached hydrogen (secondary N) is 2.